The van der Waals surface area contributed by atoms with Crippen molar-refractivity contribution in [2.45, 2.75) is 32.0 Å². The van der Waals surface area contributed by atoms with Crippen molar-refractivity contribution in [3.8, 4) is 11.5 Å². The van der Waals surface area contributed by atoms with Crippen molar-refractivity contribution < 1.29 is 19.3 Å². The third kappa shape index (κ3) is 3.87. The molecule has 118 valence electrons. The summed E-state index contributed by atoms with van der Waals surface area (Å²) in [5, 5.41) is 9.51. The van der Waals surface area contributed by atoms with Gasteiger partial charge in [0.15, 0.2) is 11.5 Å². The monoisotopic (exact) mass is 295 g/mol. The molecule has 1 saturated heterocycles. The SMILES string of the molecule is CCOc1cc(CN2C[C@@H](OC)C[C@H]2CO)ccc1OC. The Labute approximate surface area is 126 Å². The fraction of sp³-hybridized carbons (Fsp3) is 0.625. The minimum atomic E-state index is 0.160. The topological polar surface area (TPSA) is 51.2 Å². The molecule has 21 heavy (non-hydrogen) atoms. The Morgan fingerprint density at radius 3 is 2.71 bits per heavy atom. The van der Waals surface area contributed by atoms with Crippen LogP contribution in [0.15, 0.2) is 18.2 Å². The van der Waals surface area contributed by atoms with E-state index in [9.17, 15) is 5.11 Å². The number of aliphatic hydroxyl groups excluding tert-OH is 1. The van der Waals surface area contributed by atoms with Gasteiger partial charge in [-0.25, -0.2) is 0 Å². The lowest BCUT2D eigenvalue weighted by Crippen LogP contribution is -2.31. The normalized spacial score (nSPS) is 22.5. The predicted octanol–water partition coefficient (Wildman–Crippen LogP) is 1.68. The lowest BCUT2D eigenvalue weighted by Gasteiger charge is -2.23. The molecule has 0 bridgehead atoms. The van der Waals surface area contributed by atoms with Crippen molar-refractivity contribution in [3.05, 3.63) is 23.8 Å². The van der Waals surface area contributed by atoms with Crippen LogP contribution in [0.25, 0.3) is 0 Å². The first kappa shape index (κ1) is 16.1. The van der Waals surface area contributed by atoms with Gasteiger partial charge in [-0.1, -0.05) is 6.07 Å². The van der Waals surface area contributed by atoms with Gasteiger partial charge < -0.3 is 19.3 Å². The van der Waals surface area contributed by atoms with E-state index in [2.05, 4.69) is 4.90 Å². The maximum Gasteiger partial charge on any atom is 0.161 e. The zero-order chi connectivity index (χ0) is 15.2. The average Bonchev–Trinajstić information content (AvgIpc) is 2.90. The Morgan fingerprint density at radius 1 is 1.29 bits per heavy atom. The summed E-state index contributed by atoms with van der Waals surface area (Å²) < 4.78 is 16.3. The smallest absolute Gasteiger partial charge is 0.161 e. The van der Waals surface area contributed by atoms with E-state index in [-0.39, 0.29) is 18.8 Å². The van der Waals surface area contributed by atoms with Crippen LogP contribution in [-0.4, -0.2) is 56.1 Å². The van der Waals surface area contributed by atoms with Gasteiger partial charge >= 0.3 is 0 Å². The quantitative estimate of drug-likeness (QED) is 0.829. The second-order valence-electron chi connectivity index (χ2n) is 5.28. The predicted molar refractivity (Wildman–Crippen MR) is 80.9 cm³/mol. The van der Waals surface area contributed by atoms with Gasteiger partial charge in [0.2, 0.25) is 0 Å². The van der Waals surface area contributed by atoms with Crippen LogP contribution in [0, 0.1) is 0 Å². The lowest BCUT2D eigenvalue weighted by atomic mass is 10.1. The average molecular weight is 295 g/mol. The summed E-state index contributed by atoms with van der Waals surface area (Å²) in [7, 11) is 3.37. The summed E-state index contributed by atoms with van der Waals surface area (Å²) in [5.74, 6) is 1.51. The number of rotatable bonds is 7. The number of ether oxygens (including phenoxy) is 3. The van der Waals surface area contributed by atoms with Crippen molar-refractivity contribution in [1.29, 1.82) is 0 Å². The van der Waals surface area contributed by atoms with Crippen LogP contribution in [0.4, 0.5) is 0 Å². The highest BCUT2D eigenvalue weighted by Gasteiger charge is 2.31. The maximum atomic E-state index is 9.51. The van der Waals surface area contributed by atoms with E-state index in [4.69, 9.17) is 14.2 Å². The van der Waals surface area contributed by atoms with Crippen LogP contribution in [0.2, 0.25) is 0 Å². The molecule has 1 aliphatic rings. The van der Waals surface area contributed by atoms with Crippen molar-refractivity contribution >= 4 is 0 Å². The van der Waals surface area contributed by atoms with E-state index in [1.165, 1.54) is 0 Å². The Hall–Kier alpha value is -1.30. The third-order valence-electron chi connectivity index (χ3n) is 3.95. The highest BCUT2D eigenvalue weighted by atomic mass is 16.5. The molecule has 2 rings (SSSR count). The molecule has 1 heterocycles. The molecule has 1 aliphatic heterocycles. The molecule has 5 nitrogen and oxygen atoms in total. The Kier molecular flexibility index (Phi) is 5.85. The van der Waals surface area contributed by atoms with Crippen molar-refractivity contribution in [2.75, 3.05) is 34.0 Å². The van der Waals surface area contributed by atoms with Gasteiger partial charge in [0.25, 0.3) is 0 Å². The summed E-state index contributed by atoms with van der Waals surface area (Å²) in [6.07, 6.45) is 1.08. The summed E-state index contributed by atoms with van der Waals surface area (Å²) in [6.45, 7) is 4.34. The molecule has 0 aliphatic carbocycles. The van der Waals surface area contributed by atoms with Crippen LogP contribution >= 0.6 is 0 Å². The minimum Gasteiger partial charge on any atom is -0.493 e. The van der Waals surface area contributed by atoms with Crippen LogP contribution in [-0.2, 0) is 11.3 Å². The molecule has 1 aromatic rings. The fourth-order valence-electron chi connectivity index (χ4n) is 2.81. The van der Waals surface area contributed by atoms with Crippen molar-refractivity contribution in [2.24, 2.45) is 0 Å². The minimum absolute atomic E-state index is 0.160. The van der Waals surface area contributed by atoms with Gasteiger partial charge in [0.1, 0.15) is 0 Å². The molecule has 1 fully saturated rings. The number of hydrogen-bond acceptors (Lipinski definition) is 5. The molecule has 0 saturated carbocycles. The molecule has 0 radical (unpaired) electrons. The van der Waals surface area contributed by atoms with E-state index in [0.717, 1.165) is 36.6 Å². The first-order chi connectivity index (χ1) is 10.2. The number of aliphatic hydroxyl groups is 1. The van der Waals surface area contributed by atoms with Crippen LogP contribution in [0.3, 0.4) is 0 Å². The van der Waals surface area contributed by atoms with Gasteiger partial charge in [0.05, 0.1) is 26.4 Å². The molecule has 0 amide bonds. The number of likely N-dealkylation sites (tertiary alicyclic amines) is 1. The van der Waals surface area contributed by atoms with Gasteiger partial charge in [-0.05, 0) is 31.0 Å². The second-order valence-corrected chi connectivity index (χ2v) is 5.28. The number of methoxy groups -OCH3 is 2. The van der Waals surface area contributed by atoms with Gasteiger partial charge in [-0.2, -0.15) is 0 Å². The highest BCUT2D eigenvalue weighted by molar-refractivity contribution is 5.43. The van der Waals surface area contributed by atoms with Gasteiger partial charge in [-0.15, -0.1) is 0 Å². The first-order valence-corrected chi connectivity index (χ1v) is 7.39. The standard InChI is InChI=1S/C16H25NO4/c1-4-21-16-7-12(5-6-15(16)20-3)9-17-10-14(19-2)8-13(17)11-18/h5-7,13-14,18H,4,8-11H2,1-3H3/t13-,14-/m0/s1. The Balaban J connectivity index is 2.10. The van der Waals surface area contributed by atoms with Crippen LogP contribution < -0.4 is 9.47 Å². The van der Waals surface area contributed by atoms with Crippen molar-refractivity contribution in [1.82, 2.24) is 4.90 Å². The molecule has 0 spiro atoms. The van der Waals surface area contributed by atoms with E-state index >= 15 is 0 Å². The second kappa shape index (κ2) is 7.64. The van der Waals surface area contributed by atoms with Crippen molar-refractivity contribution in [3.63, 3.8) is 0 Å². The summed E-state index contributed by atoms with van der Waals surface area (Å²) in [6, 6.07) is 6.14. The molecule has 1 N–H and O–H groups in total. The van der Waals surface area contributed by atoms with E-state index in [1.807, 2.05) is 25.1 Å². The lowest BCUT2D eigenvalue weighted by molar-refractivity contribution is 0.107. The fourth-order valence-corrected chi connectivity index (χ4v) is 2.81. The molecule has 5 heteroatoms. The number of nitrogens with zero attached hydrogens (tertiary/aromatic N) is 1. The Morgan fingerprint density at radius 2 is 2.10 bits per heavy atom. The van der Waals surface area contributed by atoms with Crippen LogP contribution in [0.1, 0.15) is 18.9 Å². The van der Waals surface area contributed by atoms with Gasteiger partial charge in [0, 0.05) is 26.2 Å². The first-order valence-electron chi connectivity index (χ1n) is 7.39. The molecule has 1 aromatic carbocycles. The molecule has 2 atom stereocenters. The third-order valence-corrected chi connectivity index (χ3v) is 3.95. The van der Waals surface area contributed by atoms with Gasteiger partial charge in [-0.3, -0.25) is 4.90 Å². The van der Waals surface area contributed by atoms with E-state index < -0.39 is 0 Å². The highest BCUT2D eigenvalue weighted by Crippen LogP contribution is 2.30. The molecular formula is C16H25NO4. The Bertz CT molecular complexity index is 452. The molecule has 0 unspecified atom stereocenters. The van der Waals surface area contributed by atoms with Crippen LogP contribution in [0.5, 0.6) is 11.5 Å². The van der Waals surface area contributed by atoms with E-state index in [0.29, 0.717) is 6.61 Å². The summed E-state index contributed by atoms with van der Waals surface area (Å²) >= 11 is 0. The largest absolute Gasteiger partial charge is 0.493 e. The zero-order valence-corrected chi connectivity index (χ0v) is 13.0. The number of hydrogen-bond donors (Lipinski definition) is 1. The molecule has 0 aromatic heterocycles. The number of benzene rings is 1. The molecular weight excluding hydrogens is 270 g/mol. The maximum absolute atomic E-state index is 9.51. The summed E-state index contributed by atoms with van der Waals surface area (Å²) in [4.78, 5) is 2.26. The summed E-state index contributed by atoms with van der Waals surface area (Å²) in [5.41, 5.74) is 1.15. The van der Waals surface area contributed by atoms with E-state index in [1.54, 1.807) is 14.2 Å². The zero-order valence-electron chi connectivity index (χ0n) is 13.0.